The van der Waals surface area contributed by atoms with Gasteiger partial charge in [-0.2, -0.15) is 0 Å². The van der Waals surface area contributed by atoms with Crippen LogP contribution in [0.25, 0.3) is 11.1 Å². The van der Waals surface area contributed by atoms with Crippen molar-refractivity contribution in [2.75, 3.05) is 0 Å². The number of oxazole rings is 1. The van der Waals surface area contributed by atoms with Crippen LogP contribution >= 0.6 is 0 Å². The molecule has 1 amide bonds. The van der Waals surface area contributed by atoms with Gasteiger partial charge in [-0.1, -0.05) is 60.2 Å². The number of carbonyl (C=O) groups is 1. The molecular formula is C24H22N2O2. The largest absolute Gasteiger partial charge is 0.441 e. The smallest absolute Gasteiger partial charge is 0.251 e. The van der Waals surface area contributed by atoms with Gasteiger partial charge in [0, 0.05) is 18.5 Å². The number of nitrogens with zero attached hydrogens (tertiary/aromatic N) is 1. The molecule has 4 rings (SSSR count). The van der Waals surface area contributed by atoms with Crippen molar-refractivity contribution in [2.45, 2.75) is 26.3 Å². The van der Waals surface area contributed by atoms with Crippen molar-refractivity contribution < 1.29 is 9.21 Å². The maximum absolute atomic E-state index is 12.5. The minimum atomic E-state index is -0.120. The zero-order valence-electron chi connectivity index (χ0n) is 15.8. The summed E-state index contributed by atoms with van der Waals surface area (Å²) in [5.41, 5.74) is 5.51. The van der Waals surface area contributed by atoms with Gasteiger partial charge in [-0.05, 0) is 42.7 Å². The summed E-state index contributed by atoms with van der Waals surface area (Å²) in [6, 6.07) is 23.8. The summed E-state index contributed by atoms with van der Waals surface area (Å²) < 4.78 is 5.87. The summed E-state index contributed by atoms with van der Waals surface area (Å²) in [7, 11) is 0. The number of hydrogen-bond acceptors (Lipinski definition) is 3. The number of benzene rings is 3. The first-order valence-electron chi connectivity index (χ1n) is 9.44. The average molecular weight is 370 g/mol. The second-order valence-electron chi connectivity index (χ2n) is 6.95. The van der Waals surface area contributed by atoms with Gasteiger partial charge in [-0.15, -0.1) is 0 Å². The van der Waals surface area contributed by atoms with Gasteiger partial charge in [0.05, 0.1) is 0 Å². The Bertz CT molecular complexity index is 1100. The van der Waals surface area contributed by atoms with E-state index in [4.69, 9.17) is 4.42 Å². The fraction of sp³-hybridized carbons (Fsp3) is 0.167. The van der Waals surface area contributed by atoms with E-state index in [1.54, 1.807) is 12.1 Å². The first-order chi connectivity index (χ1) is 13.7. The molecule has 0 spiro atoms. The minimum Gasteiger partial charge on any atom is -0.441 e. The molecule has 4 aromatic rings. The Kier molecular flexibility index (Phi) is 5.20. The Hall–Kier alpha value is -3.40. The van der Waals surface area contributed by atoms with Crippen LogP contribution < -0.4 is 5.32 Å². The van der Waals surface area contributed by atoms with Gasteiger partial charge < -0.3 is 9.73 Å². The summed E-state index contributed by atoms with van der Waals surface area (Å²) in [4.78, 5) is 17.0. The molecule has 0 unspecified atom stereocenters. The Labute approximate surface area is 164 Å². The van der Waals surface area contributed by atoms with Crippen LogP contribution in [0.15, 0.2) is 77.2 Å². The first-order valence-corrected chi connectivity index (χ1v) is 9.44. The predicted molar refractivity (Wildman–Crippen MR) is 110 cm³/mol. The Balaban J connectivity index is 1.42. The predicted octanol–water partition coefficient (Wildman–Crippen LogP) is 4.85. The van der Waals surface area contributed by atoms with Gasteiger partial charge in [-0.3, -0.25) is 4.79 Å². The third-order valence-corrected chi connectivity index (χ3v) is 4.70. The molecule has 0 aliphatic rings. The highest BCUT2D eigenvalue weighted by atomic mass is 16.3. The van der Waals surface area contributed by atoms with Crippen LogP contribution in [-0.2, 0) is 19.4 Å². The van der Waals surface area contributed by atoms with Crippen molar-refractivity contribution in [3.8, 4) is 0 Å². The molecule has 3 aromatic carbocycles. The van der Waals surface area contributed by atoms with Crippen molar-refractivity contribution in [2.24, 2.45) is 0 Å². The lowest BCUT2D eigenvalue weighted by molar-refractivity contribution is 0.0951. The molecular weight excluding hydrogens is 348 g/mol. The monoisotopic (exact) mass is 370 g/mol. The van der Waals surface area contributed by atoms with E-state index in [1.807, 2.05) is 49.4 Å². The fourth-order valence-corrected chi connectivity index (χ4v) is 3.22. The molecule has 1 aromatic heterocycles. The molecule has 0 atom stereocenters. The number of nitrogens with one attached hydrogen (secondary N) is 1. The maximum atomic E-state index is 12.5. The SMILES string of the molecule is Cc1cccc(CNC(=O)c2ccc3nc(CCc4ccccc4)oc3c2)c1. The summed E-state index contributed by atoms with van der Waals surface area (Å²) in [5, 5.41) is 2.96. The molecule has 0 fully saturated rings. The molecule has 0 saturated carbocycles. The number of hydrogen-bond donors (Lipinski definition) is 1. The van der Waals surface area contributed by atoms with Crippen LogP contribution in [0.1, 0.15) is 32.9 Å². The number of aryl methyl sites for hydroxylation is 3. The highest BCUT2D eigenvalue weighted by molar-refractivity contribution is 5.96. The van der Waals surface area contributed by atoms with E-state index in [2.05, 4.69) is 28.5 Å². The Morgan fingerprint density at radius 2 is 1.75 bits per heavy atom. The van der Waals surface area contributed by atoms with Crippen molar-refractivity contribution in [1.82, 2.24) is 10.3 Å². The molecule has 140 valence electrons. The highest BCUT2D eigenvalue weighted by Gasteiger charge is 2.11. The molecule has 0 bridgehead atoms. The van der Waals surface area contributed by atoms with E-state index in [0.717, 1.165) is 23.9 Å². The van der Waals surface area contributed by atoms with E-state index in [9.17, 15) is 4.79 Å². The highest BCUT2D eigenvalue weighted by Crippen LogP contribution is 2.19. The Morgan fingerprint density at radius 3 is 2.57 bits per heavy atom. The average Bonchev–Trinajstić information content (AvgIpc) is 3.13. The Morgan fingerprint density at radius 1 is 0.929 bits per heavy atom. The first kappa shape index (κ1) is 18.0. The zero-order valence-corrected chi connectivity index (χ0v) is 15.8. The van der Waals surface area contributed by atoms with Gasteiger partial charge >= 0.3 is 0 Å². The van der Waals surface area contributed by atoms with Crippen molar-refractivity contribution in [3.63, 3.8) is 0 Å². The summed E-state index contributed by atoms with van der Waals surface area (Å²) in [5.74, 6) is 0.571. The lowest BCUT2D eigenvalue weighted by atomic mass is 10.1. The van der Waals surface area contributed by atoms with Gasteiger partial charge in [0.2, 0.25) is 0 Å². The summed E-state index contributed by atoms with van der Waals surface area (Å²) in [6.07, 6.45) is 1.60. The molecule has 0 saturated heterocycles. The van der Waals surface area contributed by atoms with Gasteiger partial charge in [0.1, 0.15) is 5.52 Å². The topological polar surface area (TPSA) is 55.1 Å². The number of amides is 1. The number of fused-ring (bicyclic) bond motifs is 1. The van der Waals surface area contributed by atoms with Crippen molar-refractivity contribution in [1.29, 1.82) is 0 Å². The molecule has 0 aliphatic carbocycles. The lowest BCUT2D eigenvalue weighted by Crippen LogP contribution is -2.22. The quantitative estimate of drug-likeness (QED) is 0.528. The van der Waals surface area contributed by atoms with E-state index in [0.29, 0.717) is 23.6 Å². The van der Waals surface area contributed by atoms with E-state index < -0.39 is 0 Å². The number of aromatic nitrogens is 1. The van der Waals surface area contributed by atoms with Gasteiger partial charge in [0.15, 0.2) is 11.5 Å². The molecule has 4 nitrogen and oxygen atoms in total. The van der Waals surface area contributed by atoms with Crippen molar-refractivity contribution >= 4 is 17.0 Å². The summed E-state index contributed by atoms with van der Waals surface area (Å²) in [6.45, 7) is 2.54. The zero-order chi connectivity index (χ0) is 19.3. The normalized spacial score (nSPS) is 10.9. The number of rotatable bonds is 6. The molecule has 28 heavy (non-hydrogen) atoms. The molecule has 1 heterocycles. The van der Waals surface area contributed by atoms with Crippen LogP contribution in [0.4, 0.5) is 0 Å². The van der Waals surface area contributed by atoms with Crippen LogP contribution in [-0.4, -0.2) is 10.9 Å². The van der Waals surface area contributed by atoms with Gasteiger partial charge in [0.25, 0.3) is 5.91 Å². The second kappa shape index (κ2) is 8.09. The third-order valence-electron chi connectivity index (χ3n) is 4.70. The standard InChI is InChI=1S/C24H22N2O2/c1-17-6-5-9-19(14-17)16-25-24(27)20-11-12-21-22(15-20)28-23(26-21)13-10-18-7-3-2-4-8-18/h2-9,11-12,14-15H,10,13,16H2,1H3,(H,25,27). The molecule has 4 heteroatoms. The molecule has 1 N–H and O–H groups in total. The van der Waals surface area contributed by atoms with Crippen LogP contribution in [0.2, 0.25) is 0 Å². The molecule has 0 aliphatic heterocycles. The second-order valence-corrected chi connectivity index (χ2v) is 6.95. The molecule has 0 radical (unpaired) electrons. The van der Waals surface area contributed by atoms with Gasteiger partial charge in [-0.25, -0.2) is 4.98 Å². The van der Waals surface area contributed by atoms with Crippen LogP contribution in [0.5, 0.6) is 0 Å². The fourth-order valence-electron chi connectivity index (χ4n) is 3.22. The van der Waals surface area contributed by atoms with Crippen LogP contribution in [0, 0.1) is 6.92 Å². The minimum absolute atomic E-state index is 0.120. The van der Waals surface area contributed by atoms with Crippen molar-refractivity contribution in [3.05, 3.63) is 101 Å². The number of carbonyl (C=O) groups excluding carboxylic acids is 1. The lowest BCUT2D eigenvalue weighted by Gasteiger charge is -2.06. The maximum Gasteiger partial charge on any atom is 0.251 e. The van der Waals surface area contributed by atoms with Crippen LogP contribution in [0.3, 0.4) is 0 Å². The van der Waals surface area contributed by atoms with E-state index >= 15 is 0 Å². The summed E-state index contributed by atoms with van der Waals surface area (Å²) >= 11 is 0. The third kappa shape index (κ3) is 4.29. The van der Waals surface area contributed by atoms with E-state index in [1.165, 1.54) is 11.1 Å². The van der Waals surface area contributed by atoms with E-state index in [-0.39, 0.29) is 5.91 Å².